The van der Waals surface area contributed by atoms with Crippen LogP contribution in [0.15, 0.2) is 43.9 Å². The van der Waals surface area contributed by atoms with E-state index in [1.807, 2.05) is 17.0 Å². The Morgan fingerprint density at radius 3 is 2.56 bits per heavy atom. The lowest BCUT2D eigenvalue weighted by molar-refractivity contribution is 0.0714. The van der Waals surface area contributed by atoms with Crippen molar-refractivity contribution < 1.29 is 9.21 Å². The van der Waals surface area contributed by atoms with Gasteiger partial charge in [-0.3, -0.25) is 4.79 Å². The minimum atomic E-state index is -0.0961. The molecule has 2 N–H and O–H groups in total. The molecular weight excluding hydrogens is 501 g/mol. The number of hydrogen-bond acceptors (Lipinski definition) is 6. The Hall–Kier alpha value is -1.84. The maximum Gasteiger partial charge on any atom is 0.289 e. The van der Waals surface area contributed by atoms with Crippen LogP contribution in [0.1, 0.15) is 10.6 Å². The van der Waals surface area contributed by atoms with Crippen LogP contribution in [-0.2, 0) is 0 Å². The fourth-order valence-corrected chi connectivity index (χ4v) is 4.29. The second-order valence-corrected chi connectivity index (χ2v) is 7.72. The maximum absolute atomic E-state index is 12.4. The summed E-state index contributed by atoms with van der Waals surface area (Å²) in [6.45, 7) is 2.40. The number of nitrogens with zero attached hydrogens (tertiary/aromatic N) is 4. The van der Waals surface area contributed by atoms with E-state index >= 15 is 0 Å². The number of nitrogens with two attached hydrogens (primary N) is 1. The highest BCUT2D eigenvalue weighted by Gasteiger charge is 2.25. The molecular formula is C17H16Br2ClN5O2. The summed E-state index contributed by atoms with van der Waals surface area (Å²) in [6.07, 6.45) is 1.51. The second kappa shape index (κ2) is 8.04. The molecule has 0 aliphatic carbocycles. The number of anilines is 2. The summed E-state index contributed by atoms with van der Waals surface area (Å²) in [5.41, 5.74) is 6.91. The van der Waals surface area contributed by atoms with Gasteiger partial charge in [0.15, 0.2) is 5.76 Å². The molecule has 1 saturated heterocycles. The fourth-order valence-electron chi connectivity index (χ4n) is 2.97. The zero-order chi connectivity index (χ0) is 18.3. The highest BCUT2D eigenvalue weighted by Crippen LogP contribution is 2.31. The van der Waals surface area contributed by atoms with Crippen molar-refractivity contribution >= 4 is 72.8 Å². The van der Waals surface area contributed by atoms with E-state index in [1.54, 1.807) is 17.0 Å². The number of halogens is 3. The minimum Gasteiger partial charge on any atom is -0.459 e. The first-order chi connectivity index (χ1) is 12.5. The Morgan fingerprint density at radius 2 is 1.89 bits per heavy atom. The van der Waals surface area contributed by atoms with E-state index in [-0.39, 0.29) is 18.3 Å². The van der Waals surface area contributed by atoms with E-state index in [2.05, 4.69) is 41.8 Å². The molecule has 3 heterocycles. The van der Waals surface area contributed by atoms with Crippen LogP contribution in [-0.4, -0.2) is 47.0 Å². The molecule has 1 aliphatic heterocycles. The van der Waals surface area contributed by atoms with Crippen LogP contribution in [0, 0.1) is 0 Å². The number of fused-ring (bicyclic) bond motifs is 1. The zero-order valence-corrected chi connectivity index (χ0v) is 18.1. The largest absolute Gasteiger partial charge is 0.459 e. The van der Waals surface area contributed by atoms with Gasteiger partial charge in [0.25, 0.3) is 5.91 Å². The fraction of sp³-hybridized carbons (Fsp3) is 0.235. The molecule has 7 nitrogen and oxygen atoms in total. The third-order valence-corrected chi connectivity index (χ3v) is 5.38. The molecule has 0 saturated carbocycles. The van der Waals surface area contributed by atoms with Gasteiger partial charge in [-0.05, 0) is 40.2 Å². The average Bonchev–Trinajstić information content (AvgIpc) is 3.16. The number of carbonyl (C=O) groups excluding carboxylic acids is 1. The van der Waals surface area contributed by atoms with E-state index < -0.39 is 0 Å². The van der Waals surface area contributed by atoms with Crippen molar-refractivity contribution in [3.8, 4) is 0 Å². The van der Waals surface area contributed by atoms with Crippen LogP contribution in [0.2, 0.25) is 0 Å². The van der Waals surface area contributed by atoms with Crippen molar-refractivity contribution in [1.29, 1.82) is 0 Å². The van der Waals surface area contributed by atoms with Crippen LogP contribution in [0.4, 0.5) is 11.8 Å². The standard InChI is InChI=1S/C17H15Br2N5O2.ClH/c18-10-8-11-14(12(19)9-10)21-17(22-15(11)20)24-5-3-23(4-6-24)16(25)13-2-1-7-26-13;/h1-2,7-9H,3-6H2,(H2,20,21,22);1H. The van der Waals surface area contributed by atoms with Crippen LogP contribution < -0.4 is 10.6 Å². The van der Waals surface area contributed by atoms with Crippen molar-refractivity contribution in [1.82, 2.24) is 14.9 Å². The van der Waals surface area contributed by atoms with Gasteiger partial charge in [-0.15, -0.1) is 12.4 Å². The van der Waals surface area contributed by atoms with E-state index in [4.69, 9.17) is 10.2 Å². The molecule has 1 amide bonds. The van der Waals surface area contributed by atoms with Gasteiger partial charge in [0.2, 0.25) is 5.95 Å². The quantitative estimate of drug-likeness (QED) is 0.558. The van der Waals surface area contributed by atoms with Gasteiger partial charge in [-0.1, -0.05) is 15.9 Å². The van der Waals surface area contributed by atoms with Gasteiger partial charge in [0, 0.05) is 40.5 Å². The Labute approximate surface area is 178 Å². The van der Waals surface area contributed by atoms with Crippen molar-refractivity contribution in [2.75, 3.05) is 36.8 Å². The SMILES string of the molecule is Cl.Nc1nc(N2CCN(C(=O)c3ccco3)CC2)nc2c(Br)cc(Br)cc12. The Kier molecular flexibility index (Phi) is 5.92. The van der Waals surface area contributed by atoms with Gasteiger partial charge >= 0.3 is 0 Å². The first-order valence-corrected chi connectivity index (χ1v) is 9.61. The Bertz CT molecular complexity index is 975. The maximum atomic E-state index is 12.4. The van der Waals surface area contributed by atoms with Gasteiger partial charge in [-0.2, -0.15) is 4.98 Å². The third-order valence-electron chi connectivity index (χ3n) is 4.32. The molecule has 1 aromatic carbocycles. The molecule has 10 heteroatoms. The second-order valence-electron chi connectivity index (χ2n) is 5.95. The first-order valence-electron chi connectivity index (χ1n) is 8.03. The lowest BCUT2D eigenvalue weighted by atomic mass is 10.2. The molecule has 1 aliphatic rings. The molecule has 0 spiro atoms. The molecule has 27 heavy (non-hydrogen) atoms. The number of carbonyl (C=O) groups is 1. The summed E-state index contributed by atoms with van der Waals surface area (Å²) in [7, 11) is 0. The van der Waals surface area contributed by atoms with E-state index in [1.165, 1.54) is 6.26 Å². The summed E-state index contributed by atoms with van der Waals surface area (Å²) in [5, 5.41) is 0.793. The lowest BCUT2D eigenvalue weighted by Gasteiger charge is -2.34. The van der Waals surface area contributed by atoms with Gasteiger partial charge in [0.1, 0.15) is 5.82 Å². The molecule has 0 bridgehead atoms. The zero-order valence-electron chi connectivity index (χ0n) is 14.1. The normalized spacial score (nSPS) is 14.3. The van der Waals surface area contributed by atoms with Gasteiger partial charge in [0.05, 0.1) is 11.8 Å². The van der Waals surface area contributed by atoms with Crippen LogP contribution in [0.5, 0.6) is 0 Å². The highest BCUT2D eigenvalue weighted by atomic mass is 79.9. The molecule has 0 radical (unpaired) electrons. The Morgan fingerprint density at radius 1 is 1.15 bits per heavy atom. The number of rotatable bonds is 2. The molecule has 0 atom stereocenters. The number of benzene rings is 1. The Balaban J connectivity index is 0.00000210. The summed E-state index contributed by atoms with van der Waals surface area (Å²) in [6, 6.07) is 7.22. The monoisotopic (exact) mass is 515 g/mol. The van der Waals surface area contributed by atoms with Crippen LogP contribution >= 0.6 is 44.3 Å². The molecule has 3 aromatic rings. The predicted molar refractivity (Wildman–Crippen MR) is 113 cm³/mol. The smallest absolute Gasteiger partial charge is 0.289 e. The van der Waals surface area contributed by atoms with Gasteiger partial charge < -0.3 is 20.0 Å². The number of furan rings is 1. The third kappa shape index (κ3) is 3.90. The number of aromatic nitrogens is 2. The first kappa shape index (κ1) is 19.9. The summed E-state index contributed by atoms with van der Waals surface area (Å²) < 4.78 is 6.95. The molecule has 2 aromatic heterocycles. The molecule has 4 rings (SSSR count). The van der Waals surface area contributed by atoms with Crippen molar-refractivity contribution in [2.45, 2.75) is 0 Å². The lowest BCUT2D eigenvalue weighted by Crippen LogP contribution is -2.49. The number of hydrogen-bond donors (Lipinski definition) is 1. The minimum absolute atomic E-state index is 0. The van der Waals surface area contributed by atoms with Crippen LogP contribution in [0.25, 0.3) is 10.9 Å². The topological polar surface area (TPSA) is 88.5 Å². The van der Waals surface area contributed by atoms with Gasteiger partial charge in [-0.25, -0.2) is 4.98 Å². The number of piperazine rings is 1. The number of amides is 1. The van der Waals surface area contributed by atoms with Crippen molar-refractivity contribution in [3.63, 3.8) is 0 Å². The summed E-state index contributed by atoms with van der Waals surface area (Å²) in [5.74, 6) is 1.27. The summed E-state index contributed by atoms with van der Waals surface area (Å²) >= 11 is 6.99. The van der Waals surface area contributed by atoms with Crippen molar-refractivity contribution in [3.05, 3.63) is 45.2 Å². The van der Waals surface area contributed by atoms with E-state index in [0.717, 1.165) is 19.8 Å². The average molecular weight is 518 g/mol. The van der Waals surface area contributed by atoms with Crippen LogP contribution in [0.3, 0.4) is 0 Å². The summed E-state index contributed by atoms with van der Waals surface area (Å²) in [4.78, 5) is 25.3. The number of nitrogen functional groups attached to an aromatic ring is 1. The molecule has 0 unspecified atom stereocenters. The van der Waals surface area contributed by atoms with Crippen molar-refractivity contribution in [2.24, 2.45) is 0 Å². The molecule has 1 fully saturated rings. The highest BCUT2D eigenvalue weighted by molar-refractivity contribution is 9.11. The van der Waals surface area contributed by atoms with E-state index in [9.17, 15) is 4.79 Å². The van der Waals surface area contributed by atoms with E-state index in [0.29, 0.717) is 43.7 Å². The predicted octanol–water partition coefficient (Wildman–Crippen LogP) is 3.71. The molecule has 142 valence electrons.